The molecule has 114 valence electrons. The summed E-state index contributed by atoms with van der Waals surface area (Å²) >= 11 is 5.87. The molecule has 0 aliphatic rings. The van der Waals surface area contributed by atoms with Crippen LogP contribution in [0.1, 0.15) is 5.82 Å². The second-order valence-corrected chi connectivity index (χ2v) is 5.22. The number of nitrogens with one attached hydrogen (secondary N) is 2. The first-order valence-electron chi connectivity index (χ1n) is 6.29. The molecule has 2 aromatic rings. The summed E-state index contributed by atoms with van der Waals surface area (Å²) < 4.78 is 0. The van der Waals surface area contributed by atoms with Crippen LogP contribution in [0, 0.1) is 0 Å². The van der Waals surface area contributed by atoms with Gasteiger partial charge in [-0.25, -0.2) is 4.98 Å². The fourth-order valence-electron chi connectivity index (χ4n) is 1.83. The van der Waals surface area contributed by atoms with Gasteiger partial charge in [-0.1, -0.05) is 11.6 Å². The summed E-state index contributed by atoms with van der Waals surface area (Å²) in [6.45, 7) is -1.30. The molecule has 1 aromatic heterocycles. The van der Waals surface area contributed by atoms with Crippen LogP contribution in [-0.2, 0) is 6.54 Å². The maximum atomic E-state index is 11.9. The highest BCUT2D eigenvalue weighted by molar-refractivity contribution is 6.31. The maximum absolute atomic E-state index is 11.9. The van der Waals surface area contributed by atoms with Crippen molar-refractivity contribution in [3.63, 3.8) is 0 Å². The van der Waals surface area contributed by atoms with Gasteiger partial charge in [0, 0.05) is 5.02 Å². The van der Waals surface area contributed by atoms with E-state index in [0.29, 0.717) is 21.7 Å². The Bertz CT molecular complexity index is 676. The molecule has 1 aromatic carbocycles. The fraction of sp³-hybridized carbons (Fsp3) is 0.385. The Kier molecular flexibility index (Phi) is 4.92. The molecule has 7 nitrogen and oxygen atoms in total. The van der Waals surface area contributed by atoms with Crippen molar-refractivity contribution in [1.29, 1.82) is 0 Å². The summed E-state index contributed by atoms with van der Waals surface area (Å²) in [4.78, 5) is 18.8. The highest BCUT2D eigenvalue weighted by Gasteiger charge is 2.27. The Labute approximate surface area is 125 Å². The van der Waals surface area contributed by atoms with E-state index in [0.717, 1.165) is 0 Å². The van der Waals surface area contributed by atoms with Gasteiger partial charge in [0.1, 0.15) is 5.82 Å². The van der Waals surface area contributed by atoms with Crippen LogP contribution in [-0.4, -0.2) is 50.6 Å². The minimum atomic E-state index is -1.23. The number of benzene rings is 1. The summed E-state index contributed by atoms with van der Waals surface area (Å²) in [5, 5.41) is 31.3. The van der Waals surface area contributed by atoms with E-state index in [1.165, 1.54) is 0 Å². The largest absolute Gasteiger partial charge is 0.394 e. The van der Waals surface area contributed by atoms with Crippen molar-refractivity contribution in [3.05, 3.63) is 39.4 Å². The number of H-pyrrole nitrogens is 1. The number of halogens is 1. The highest BCUT2D eigenvalue weighted by atomic mass is 35.5. The number of aliphatic hydroxyl groups excluding tert-OH is 3. The van der Waals surface area contributed by atoms with Crippen LogP contribution in [0.25, 0.3) is 10.9 Å². The standard InChI is InChI=1S/C13H16ClN3O4/c14-8-1-2-9-10(3-8)16-11(17-12(9)21)4-15-13(5-18,6-19)7-20/h1-3,15,18-20H,4-7H2,(H,16,17,21). The predicted molar refractivity (Wildman–Crippen MR) is 78.2 cm³/mol. The fourth-order valence-corrected chi connectivity index (χ4v) is 2.00. The number of aliphatic hydroxyl groups is 3. The number of rotatable bonds is 6. The van der Waals surface area contributed by atoms with Crippen molar-refractivity contribution in [2.45, 2.75) is 12.1 Å². The third kappa shape index (κ3) is 3.39. The first-order valence-corrected chi connectivity index (χ1v) is 6.67. The van der Waals surface area contributed by atoms with Crippen molar-refractivity contribution in [3.8, 4) is 0 Å². The highest BCUT2D eigenvalue weighted by Crippen LogP contribution is 2.14. The van der Waals surface area contributed by atoms with Crippen molar-refractivity contribution >= 4 is 22.5 Å². The number of hydrogen-bond donors (Lipinski definition) is 5. The van der Waals surface area contributed by atoms with E-state index in [4.69, 9.17) is 11.6 Å². The van der Waals surface area contributed by atoms with Gasteiger partial charge in [-0.3, -0.25) is 10.1 Å². The van der Waals surface area contributed by atoms with Crippen LogP contribution in [0.2, 0.25) is 5.02 Å². The zero-order valence-electron chi connectivity index (χ0n) is 11.1. The quantitative estimate of drug-likeness (QED) is 0.485. The predicted octanol–water partition coefficient (Wildman–Crippen LogP) is -0.618. The van der Waals surface area contributed by atoms with Crippen molar-refractivity contribution in [2.24, 2.45) is 0 Å². The summed E-state index contributed by atoms with van der Waals surface area (Å²) in [6.07, 6.45) is 0. The monoisotopic (exact) mass is 313 g/mol. The molecule has 0 aliphatic carbocycles. The molecule has 0 fully saturated rings. The van der Waals surface area contributed by atoms with Gasteiger partial charge in [-0.15, -0.1) is 0 Å². The maximum Gasteiger partial charge on any atom is 0.258 e. The lowest BCUT2D eigenvalue weighted by Crippen LogP contribution is -2.54. The first kappa shape index (κ1) is 15.9. The van der Waals surface area contributed by atoms with Crippen LogP contribution in [0.15, 0.2) is 23.0 Å². The number of hydrogen-bond acceptors (Lipinski definition) is 6. The smallest absolute Gasteiger partial charge is 0.258 e. The Hall–Kier alpha value is -1.51. The third-order valence-corrected chi connectivity index (χ3v) is 3.49. The van der Waals surface area contributed by atoms with Gasteiger partial charge >= 0.3 is 0 Å². The van der Waals surface area contributed by atoms with E-state index in [1.807, 2.05) is 0 Å². The Morgan fingerprint density at radius 3 is 2.52 bits per heavy atom. The van der Waals surface area contributed by atoms with E-state index >= 15 is 0 Å². The Balaban J connectivity index is 2.29. The van der Waals surface area contributed by atoms with Crippen LogP contribution < -0.4 is 10.9 Å². The van der Waals surface area contributed by atoms with Gasteiger partial charge in [0.05, 0.1) is 42.8 Å². The average Bonchev–Trinajstić information content (AvgIpc) is 2.49. The lowest BCUT2D eigenvalue weighted by Gasteiger charge is -2.28. The number of nitrogens with zero attached hydrogens (tertiary/aromatic N) is 1. The molecule has 0 atom stereocenters. The minimum absolute atomic E-state index is 0.0688. The van der Waals surface area contributed by atoms with Gasteiger partial charge in [-0.2, -0.15) is 0 Å². The second kappa shape index (κ2) is 6.50. The molecule has 5 N–H and O–H groups in total. The van der Waals surface area contributed by atoms with Gasteiger partial charge < -0.3 is 20.3 Å². The summed E-state index contributed by atoms with van der Waals surface area (Å²) in [5.41, 5.74) is -1.09. The molecule has 2 rings (SSSR count). The third-order valence-electron chi connectivity index (χ3n) is 3.26. The van der Waals surface area contributed by atoms with E-state index in [9.17, 15) is 20.1 Å². The lowest BCUT2D eigenvalue weighted by atomic mass is 10.0. The second-order valence-electron chi connectivity index (χ2n) is 4.78. The molecule has 0 saturated heterocycles. The average molecular weight is 314 g/mol. The lowest BCUT2D eigenvalue weighted by molar-refractivity contribution is 0.0409. The van der Waals surface area contributed by atoms with Crippen LogP contribution in [0.5, 0.6) is 0 Å². The normalized spacial score (nSPS) is 12.0. The van der Waals surface area contributed by atoms with E-state index in [2.05, 4.69) is 15.3 Å². The molecule has 0 bridgehead atoms. The number of aromatic amines is 1. The van der Waals surface area contributed by atoms with Gasteiger partial charge in [0.2, 0.25) is 0 Å². The molecule has 0 amide bonds. The molecule has 0 unspecified atom stereocenters. The minimum Gasteiger partial charge on any atom is -0.394 e. The molecule has 0 radical (unpaired) electrons. The van der Waals surface area contributed by atoms with Crippen LogP contribution in [0.3, 0.4) is 0 Å². The first-order chi connectivity index (χ1) is 10.0. The molecule has 0 aliphatic heterocycles. The van der Waals surface area contributed by atoms with Crippen molar-refractivity contribution in [2.75, 3.05) is 19.8 Å². The molecule has 1 heterocycles. The molecule has 8 heteroatoms. The zero-order chi connectivity index (χ0) is 15.5. The van der Waals surface area contributed by atoms with E-state index < -0.39 is 25.4 Å². The van der Waals surface area contributed by atoms with Crippen molar-refractivity contribution in [1.82, 2.24) is 15.3 Å². The summed E-state index contributed by atoms with van der Waals surface area (Å²) in [7, 11) is 0. The van der Waals surface area contributed by atoms with Gasteiger partial charge in [-0.05, 0) is 18.2 Å². The van der Waals surface area contributed by atoms with Gasteiger partial charge in [0.15, 0.2) is 0 Å². The molecule has 0 saturated carbocycles. The van der Waals surface area contributed by atoms with Crippen LogP contribution in [0.4, 0.5) is 0 Å². The molecule has 0 spiro atoms. The zero-order valence-corrected chi connectivity index (χ0v) is 11.9. The van der Waals surface area contributed by atoms with Gasteiger partial charge in [0.25, 0.3) is 5.56 Å². The molecule has 21 heavy (non-hydrogen) atoms. The van der Waals surface area contributed by atoms with E-state index in [-0.39, 0.29) is 12.1 Å². The van der Waals surface area contributed by atoms with Crippen molar-refractivity contribution < 1.29 is 15.3 Å². The SMILES string of the molecule is O=c1[nH]c(CNC(CO)(CO)CO)nc2cc(Cl)ccc12. The number of aromatic nitrogens is 2. The topological polar surface area (TPSA) is 118 Å². The Morgan fingerprint density at radius 1 is 1.24 bits per heavy atom. The number of fused-ring (bicyclic) bond motifs is 1. The van der Waals surface area contributed by atoms with E-state index in [1.54, 1.807) is 18.2 Å². The summed E-state index contributed by atoms with van der Waals surface area (Å²) in [6, 6.07) is 4.76. The Morgan fingerprint density at radius 2 is 1.90 bits per heavy atom. The van der Waals surface area contributed by atoms with Crippen LogP contribution >= 0.6 is 11.6 Å². The molecular formula is C13H16ClN3O4. The molecular weight excluding hydrogens is 298 g/mol. The summed E-state index contributed by atoms with van der Waals surface area (Å²) in [5.74, 6) is 0.314.